The van der Waals surface area contributed by atoms with Crippen LogP contribution in [0, 0.1) is 0 Å². The number of carbonyl (C=O) groups excluding carboxylic acids is 1. The number of fused-ring (bicyclic) bond motifs is 1. The number of nitrogens with one attached hydrogen (secondary N) is 2. The van der Waals surface area contributed by atoms with Gasteiger partial charge in [0.25, 0.3) is 0 Å². The Morgan fingerprint density at radius 1 is 1.33 bits per heavy atom. The third-order valence-electron chi connectivity index (χ3n) is 2.37. The van der Waals surface area contributed by atoms with Crippen molar-refractivity contribution in [2.75, 3.05) is 0 Å². The van der Waals surface area contributed by atoms with E-state index in [1.165, 1.54) is 0 Å². The lowest BCUT2D eigenvalue weighted by molar-refractivity contribution is -0.344. The van der Waals surface area contributed by atoms with Crippen LogP contribution in [0.1, 0.15) is 0 Å². The van der Waals surface area contributed by atoms with Crippen molar-refractivity contribution in [3.05, 3.63) is 35.2 Å². The van der Waals surface area contributed by atoms with Gasteiger partial charge in [-0.1, -0.05) is 12.1 Å². The smallest absolute Gasteiger partial charge is 0.430 e. The fraction of sp³-hybridized carbons (Fsp3) is 0.0833. The molecular formula is C12H8F3N3O2S. The van der Waals surface area contributed by atoms with Crippen molar-refractivity contribution >= 4 is 28.3 Å². The first kappa shape index (κ1) is 15.0. The molecule has 0 atom stereocenters. The van der Waals surface area contributed by atoms with Crippen LogP contribution in [0.25, 0.3) is 22.6 Å². The van der Waals surface area contributed by atoms with E-state index in [2.05, 4.69) is 15.0 Å². The summed E-state index contributed by atoms with van der Waals surface area (Å²) in [6.07, 6.45) is -5.19. The number of aromatic nitrogens is 3. The highest BCUT2D eigenvalue weighted by atomic mass is 32.1. The molecule has 9 heteroatoms. The van der Waals surface area contributed by atoms with Gasteiger partial charge in [0.1, 0.15) is 5.97 Å². The number of para-hydroxylation sites is 2. The van der Waals surface area contributed by atoms with Gasteiger partial charge < -0.3 is 9.90 Å². The molecule has 110 valence electrons. The van der Waals surface area contributed by atoms with Crippen molar-refractivity contribution < 1.29 is 28.1 Å². The van der Waals surface area contributed by atoms with Gasteiger partial charge in [0.15, 0.2) is 16.7 Å². The maximum atomic E-state index is 10.5. The molecule has 0 bridgehead atoms. The highest BCUT2D eigenvalue weighted by Gasteiger charge is 2.28. The Morgan fingerprint density at radius 3 is 2.52 bits per heavy atom. The molecule has 0 spiro atoms. The van der Waals surface area contributed by atoms with E-state index in [-0.39, 0.29) is 0 Å². The maximum Gasteiger partial charge on any atom is 0.430 e. The minimum absolute atomic E-state index is 0.964. The number of alkyl halides is 3. The van der Waals surface area contributed by atoms with Gasteiger partial charge in [-0.05, 0) is 12.1 Å². The Balaban J connectivity index is 0.000000199. The van der Waals surface area contributed by atoms with E-state index < -0.39 is 12.1 Å². The van der Waals surface area contributed by atoms with E-state index in [9.17, 15) is 13.2 Å². The molecule has 0 amide bonds. The SMILES string of the molecule is O=C([O-])C(F)(F)F.c1ccc2[nH+]c(-c3cscn3)[nH]c2c1. The predicted molar refractivity (Wildman–Crippen MR) is 67.0 cm³/mol. The molecule has 0 saturated carbocycles. The second-order valence-corrected chi connectivity index (χ2v) is 4.55. The Morgan fingerprint density at radius 2 is 2.00 bits per heavy atom. The molecule has 0 saturated heterocycles. The standard InChI is InChI=1S/C10H7N3S.C2HF3O2/c1-2-4-8-7(3-1)12-10(13-8)9-5-14-6-11-9;3-2(4,5)1(6)7/h1-6H,(H,12,13);(H,6,7). The molecule has 21 heavy (non-hydrogen) atoms. The lowest BCUT2D eigenvalue weighted by atomic mass is 10.3. The molecule has 0 fully saturated rings. The lowest BCUT2D eigenvalue weighted by Gasteiger charge is -2.03. The molecule has 0 aliphatic heterocycles. The van der Waals surface area contributed by atoms with Crippen LogP contribution in [0.15, 0.2) is 35.2 Å². The Kier molecular flexibility index (Phi) is 4.22. The van der Waals surface area contributed by atoms with Crippen LogP contribution in [0.4, 0.5) is 13.2 Å². The van der Waals surface area contributed by atoms with E-state index in [0.29, 0.717) is 0 Å². The second-order valence-electron chi connectivity index (χ2n) is 3.83. The predicted octanol–water partition coefficient (Wildman–Crippen LogP) is 1.40. The van der Waals surface area contributed by atoms with Gasteiger partial charge in [0, 0.05) is 5.38 Å². The number of hydrogen-bond donors (Lipinski definition) is 1. The Hall–Kier alpha value is -2.42. The molecule has 3 aromatic rings. The summed E-state index contributed by atoms with van der Waals surface area (Å²) >= 11 is 1.59. The van der Waals surface area contributed by atoms with E-state index in [0.717, 1.165) is 22.6 Å². The number of H-pyrrole nitrogens is 2. The Bertz CT molecular complexity index is 705. The van der Waals surface area contributed by atoms with Crippen LogP contribution in [0.3, 0.4) is 0 Å². The molecule has 0 aliphatic carbocycles. The first-order valence-corrected chi connectivity index (χ1v) is 6.49. The van der Waals surface area contributed by atoms with Crippen molar-refractivity contribution in [3.8, 4) is 11.5 Å². The number of benzene rings is 1. The van der Waals surface area contributed by atoms with Gasteiger partial charge in [0.2, 0.25) is 0 Å². The van der Waals surface area contributed by atoms with Gasteiger partial charge in [0.05, 0.1) is 5.51 Å². The number of carboxylic acid groups (broad SMARTS) is 1. The fourth-order valence-electron chi connectivity index (χ4n) is 1.47. The summed E-state index contributed by atoms with van der Waals surface area (Å²) < 4.78 is 31.5. The normalized spacial score (nSPS) is 11.0. The molecule has 1 aromatic carbocycles. The summed E-state index contributed by atoms with van der Waals surface area (Å²) in [7, 11) is 0. The molecule has 2 aromatic heterocycles. The molecule has 5 nitrogen and oxygen atoms in total. The van der Waals surface area contributed by atoms with Gasteiger partial charge in [-0.2, -0.15) is 13.2 Å². The fourth-order valence-corrected chi connectivity index (χ4v) is 2.01. The molecule has 0 aliphatic rings. The van der Waals surface area contributed by atoms with Gasteiger partial charge in [-0.15, -0.1) is 11.3 Å². The summed E-state index contributed by atoms with van der Waals surface area (Å²) in [5.74, 6) is -2.04. The van der Waals surface area contributed by atoms with Crippen LogP contribution in [0.2, 0.25) is 0 Å². The quantitative estimate of drug-likeness (QED) is 0.737. The molecule has 2 N–H and O–H groups in total. The first-order chi connectivity index (χ1) is 9.88. The lowest BCUT2D eigenvalue weighted by Crippen LogP contribution is -2.37. The summed E-state index contributed by atoms with van der Waals surface area (Å²) in [5.41, 5.74) is 5.01. The first-order valence-electron chi connectivity index (χ1n) is 5.54. The highest BCUT2D eigenvalue weighted by molar-refractivity contribution is 7.07. The number of aromatic amines is 2. The van der Waals surface area contributed by atoms with Crippen molar-refractivity contribution in [1.29, 1.82) is 0 Å². The highest BCUT2D eigenvalue weighted by Crippen LogP contribution is 2.15. The molecular weight excluding hydrogens is 307 g/mol. The monoisotopic (exact) mass is 315 g/mol. The third-order valence-corrected chi connectivity index (χ3v) is 2.95. The van der Waals surface area contributed by atoms with Crippen molar-refractivity contribution in [3.63, 3.8) is 0 Å². The Labute approximate surface area is 120 Å². The largest absolute Gasteiger partial charge is 0.542 e. The number of carbonyl (C=O) groups is 1. The number of hydrogen-bond acceptors (Lipinski definition) is 4. The number of rotatable bonds is 1. The number of thiazole rings is 1. The van der Waals surface area contributed by atoms with Crippen LogP contribution in [-0.2, 0) is 4.79 Å². The van der Waals surface area contributed by atoms with E-state index in [4.69, 9.17) is 9.90 Å². The zero-order valence-electron chi connectivity index (χ0n) is 10.3. The van der Waals surface area contributed by atoms with Crippen molar-refractivity contribution in [2.24, 2.45) is 0 Å². The van der Waals surface area contributed by atoms with Crippen molar-refractivity contribution in [1.82, 2.24) is 9.97 Å². The minimum Gasteiger partial charge on any atom is -0.542 e. The zero-order valence-corrected chi connectivity index (χ0v) is 11.1. The number of imidazole rings is 1. The third kappa shape index (κ3) is 3.78. The van der Waals surface area contributed by atoms with Crippen molar-refractivity contribution in [2.45, 2.75) is 6.18 Å². The number of carboxylic acids is 1. The van der Waals surface area contributed by atoms with Gasteiger partial charge in [-0.3, -0.25) is 0 Å². The van der Waals surface area contributed by atoms with Crippen LogP contribution in [-0.4, -0.2) is 22.1 Å². The average molecular weight is 315 g/mol. The molecule has 2 heterocycles. The van der Waals surface area contributed by atoms with Crippen LogP contribution < -0.4 is 10.1 Å². The average Bonchev–Trinajstić information content (AvgIpc) is 3.07. The summed E-state index contributed by atoms with van der Waals surface area (Å²) in [6, 6.07) is 8.11. The van der Waals surface area contributed by atoms with E-state index in [1.54, 1.807) is 11.3 Å². The van der Waals surface area contributed by atoms with E-state index >= 15 is 0 Å². The van der Waals surface area contributed by atoms with Crippen LogP contribution >= 0.6 is 11.3 Å². The molecule has 3 rings (SSSR count). The summed E-state index contributed by atoms with van der Waals surface area (Å²) in [5, 5.41) is 10.8. The number of halogens is 3. The maximum absolute atomic E-state index is 10.5. The van der Waals surface area contributed by atoms with Gasteiger partial charge >= 0.3 is 12.0 Å². The summed E-state index contributed by atoms with van der Waals surface area (Å²) in [6.45, 7) is 0. The topological polar surface area (TPSA) is 82.9 Å². The summed E-state index contributed by atoms with van der Waals surface area (Å²) in [4.78, 5) is 19.6. The van der Waals surface area contributed by atoms with Crippen LogP contribution in [0.5, 0.6) is 0 Å². The molecule has 0 unspecified atom stereocenters. The number of nitrogens with zero attached hydrogens (tertiary/aromatic N) is 1. The second kappa shape index (κ2) is 5.92. The number of aliphatic carboxylic acids is 1. The zero-order chi connectivity index (χ0) is 15.5. The van der Waals surface area contributed by atoms with E-state index in [1.807, 2.05) is 35.2 Å². The minimum atomic E-state index is -5.19. The molecule has 0 radical (unpaired) electrons. The van der Waals surface area contributed by atoms with Gasteiger partial charge in [-0.25, -0.2) is 15.0 Å².